The van der Waals surface area contributed by atoms with E-state index in [1.807, 2.05) is 37.3 Å². The summed E-state index contributed by atoms with van der Waals surface area (Å²) in [7, 11) is 0. The van der Waals surface area contributed by atoms with Gasteiger partial charge in [0.15, 0.2) is 0 Å². The predicted molar refractivity (Wildman–Crippen MR) is 77.7 cm³/mol. The third-order valence-corrected chi connectivity index (χ3v) is 2.76. The molecule has 4 heteroatoms. The van der Waals surface area contributed by atoms with E-state index in [1.54, 1.807) is 0 Å². The molecule has 0 unspecified atom stereocenters. The summed E-state index contributed by atoms with van der Waals surface area (Å²) in [5.74, 6) is 1.83. The molecule has 0 spiro atoms. The maximum absolute atomic E-state index is 5.63. The second-order valence-corrected chi connectivity index (χ2v) is 4.49. The quantitative estimate of drug-likeness (QED) is 0.777. The maximum Gasteiger partial charge on any atom is 0.203 e. The Labute approximate surface area is 114 Å². The van der Waals surface area contributed by atoms with E-state index in [0.29, 0.717) is 6.61 Å². The Bertz CT molecular complexity index is 493. The summed E-state index contributed by atoms with van der Waals surface area (Å²) in [6, 6.07) is 9.85. The van der Waals surface area contributed by atoms with Gasteiger partial charge in [0.05, 0.1) is 12.2 Å². The van der Waals surface area contributed by atoms with Crippen LogP contribution >= 0.6 is 0 Å². The van der Waals surface area contributed by atoms with Gasteiger partial charge in [0.25, 0.3) is 0 Å². The first-order valence-electron chi connectivity index (χ1n) is 6.75. The van der Waals surface area contributed by atoms with E-state index in [0.717, 1.165) is 36.9 Å². The zero-order valence-corrected chi connectivity index (χ0v) is 11.6. The molecule has 0 aliphatic heterocycles. The summed E-state index contributed by atoms with van der Waals surface area (Å²) < 4.78 is 7.79. The molecule has 1 N–H and O–H groups in total. The molecule has 0 saturated carbocycles. The highest BCUT2D eigenvalue weighted by atomic mass is 16.5. The summed E-state index contributed by atoms with van der Waals surface area (Å²) in [6.07, 6.45) is 3.18. The van der Waals surface area contributed by atoms with Gasteiger partial charge in [-0.25, -0.2) is 4.98 Å². The van der Waals surface area contributed by atoms with Crippen molar-refractivity contribution in [2.75, 3.05) is 18.5 Å². The van der Waals surface area contributed by atoms with Gasteiger partial charge < -0.3 is 14.6 Å². The number of nitrogens with one attached hydrogen (secondary N) is 1. The highest BCUT2D eigenvalue weighted by molar-refractivity contribution is 5.28. The smallest absolute Gasteiger partial charge is 0.203 e. The Morgan fingerprint density at radius 2 is 2.05 bits per heavy atom. The van der Waals surface area contributed by atoms with Crippen LogP contribution in [0.1, 0.15) is 19.0 Å². The molecule has 102 valence electrons. The van der Waals surface area contributed by atoms with Crippen LogP contribution in [-0.4, -0.2) is 22.7 Å². The summed E-state index contributed by atoms with van der Waals surface area (Å²) in [5.41, 5.74) is 1.04. The molecular weight excluding hydrogens is 238 g/mol. The maximum atomic E-state index is 5.63. The lowest BCUT2D eigenvalue weighted by Crippen LogP contribution is -2.14. The number of hydrogen-bond acceptors (Lipinski definition) is 3. The molecule has 0 bridgehead atoms. The third-order valence-electron chi connectivity index (χ3n) is 2.76. The van der Waals surface area contributed by atoms with Crippen LogP contribution in [0.3, 0.4) is 0 Å². The van der Waals surface area contributed by atoms with Gasteiger partial charge in [0, 0.05) is 12.7 Å². The summed E-state index contributed by atoms with van der Waals surface area (Å²) in [4.78, 5) is 4.47. The Balaban J connectivity index is 1.79. The van der Waals surface area contributed by atoms with Crippen molar-refractivity contribution in [1.29, 1.82) is 0 Å². The van der Waals surface area contributed by atoms with Gasteiger partial charge >= 0.3 is 0 Å². The van der Waals surface area contributed by atoms with Crippen molar-refractivity contribution >= 4 is 5.95 Å². The zero-order chi connectivity index (χ0) is 13.5. The van der Waals surface area contributed by atoms with Crippen molar-refractivity contribution in [2.45, 2.75) is 26.8 Å². The number of rotatable bonds is 7. The van der Waals surface area contributed by atoms with Crippen molar-refractivity contribution in [1.82, 2.24) is 9.55 Å². The minimum atomic E-state index is 0.627. The number of nitrogens with zero attached hydrogens (tertiary/aromatic N) is 2. The van der Waals surface area contributed by atoms with Crippen LogP contribution in [0.25, 0.3) is 0 Å². The molecule has 0 aliphatic carbocycles. The number of aryl methyl sites for hydroxylation is 2. The van der Waals surface area contributed by atoms with Crippen molar-refractivity contribution in [3.05, 3.63) is 42.2 Å². The zero-order valence-electron chi connectivity index (χ0n) is 11.6. The molecule has 0 atom stereocenters. The highest BCUT2D eigenvalue weighted by Gasteiger charge is 2.03. The fourth-order valence-electron chi connectivity index (χ4n) is 1.95. The van der Waals surface area contributed by atoms with Crippen LogP contribution in [0.4, 0.5) is 5.95 Å². The Hall–Kier alpha value is -1.97. The first-order chi connectivity index (χ1) is 9.29. The molecule has 1 aromatic carbocycles. The lowest BCUT2D eigenvalue weighted by Gasteiger charge is -2.09. The van der Waals surface area contributed by atoms with Gasteiger partial charge in [-0.1, -0.05) is 25.1 Å². The lowest BCUT2D eigenvalue weighted by atomic mass is 10.3. The standard InChI is InChI=1S/C15H21N3O/c1-3-10-18-12-13(2)17-15(18)16-9-11-19-14-7-5-4-6-8-14/h4-8,12H,3,9-11H2,1-2H3,(H,16,17). The fraction of sp³-hybridized carbons (Fsp3) is 0.400. The van der Waals surface area contributed by atoms with Crippen LogP contribution in [-0.2, 0) is 6.54 Å². The van der Waals surface area contributed by atoms with E-state index in [4.69, 9.17) is 4.74 Å². The summed E-state index contributed by atoms with van der Waals surface area (Å²) >= 11 is 0. The molecule has 2 aromatic rings. The van der Waals surface area contributed by atoms with Gasteiger partial charge in [-0.3, -0.25) is 0 Å². The van der Waals surface area contributed by atoms with Crippen molar-refractivity contribution in [3.63, 3.8) is 0 Å². The van der Waals surface area contributed by atoms with E-state index >= 15 is 0 Å². The number of para-hydroxylation sites is 1. The molecule has 0 amide bonds. The molecule has 19 heavy (non-hydrogen) atoms. The summed E-state index contributed by atoms with van der Waals surface area (Å²) in [6.45, 7) is 6.54. The van der Waals surface area contributed by atoms with Gasteiger partial charge in [0.2, 0.25) is 5.95 Å². The normalized spacial score (nSPS) is 10.4. The van der Waals surface area contributed by atoms with Gasteiger partial charge in [-0.15, -0.1) is 0 Å². The van der Waals surface area contributed by atoms with E-state index < -0.39 is 0 Å². The molecule has 0 saturated heterocycles. The lowest BCUT2D eigenvalue weighted by molar-refractivity contribution is 0.332. The van der Waals surface area contributed by atoms with E-state index in [9.17, 15) is 0 Å². The number of imidazole rings is 1. The molecule has 4 nitrogen and oxygen atoms in total. The molecule has 1 heterocycles. The first-order valence-corrected chi connectivity index (χ1v) is 6.75. The first kappa shape index (κ1) is 13.5. The monoisotopic (exact) mass is 259 g/mol. The van der Waals surface area contributed by atoms with Crippen molar-refractivity contribution < 1.29 is 4.74 Å². The highest BCUT2D eigenvalue weighted by Crippen LogP contribution is 2.10. The molecular formula is C15H21N3O. The predicted octanol–water partition coefficient (Wildman–Crippen LogP) is 3.09. The van der Waals surface area contributed by atoms with Crippen LogP contribution in [0.2, 0.25) is 0 Å². The van der Waals surface area contributed by atoms with Crippen LogP contribution in [0, 0.1) is 6.92 Å². The molecule has 2 rings (SSSR count). The number of ether oxygens (including phenoxy) is 1. The Kier molecular flexibility index (Phi) is 4.84. The molecule has 0 fully saturated rings. The molecule has 0 aliphatic rings. The minimum absolute atomic E-state index is 0.627. The van der Waals surface area contributed by atoms with E-state index in [-0.39, 0.29) is 0 Å². The van der Waals surface area contributed by atoms with Crippen molar-refractivity contribution in [3.8, 4) is 5.75 Å². The number of benzene rings is 1. The topological polar surface area (TPSA) is 39.1 Å². The second kappa shape index (κ2) is 6.83. The largest absolute Gasteiger partial charge is 0.492 e. The van der Waals surface area contributed by atoms with Crippen LogP contribution in [0.15, 0.2) is 36.5 Å². The Morgan fingerprint density at radius 3 is 2.79 bits per heavy atom. The number of anilines is 1. The second-order valence-electron chi connectivity index (χ2n) is 4.49. The average Bonchev–Trinajstić information content (AvgIpc) is 2.77. The number of hydrogen-bond donors (Lipinski definition) is 1. The van der Waals surface area contributed by atoms with Crippen molar-refractivity contribution in [2.24, 2.45) is 0 Å². The SMILES string of the molecule is CCCn1cc(C)nc1NCCOc1ccccc1. The fourth-order valence-corrected chi connectivity index (χ4v) is 1.95. The van der Waals surface area contributed by atoms with Gasteiger partial charge in [-0.2, -0.15) is 0 Å². The summed E-state index contributed by atoms with van der Waals surface area (Å²) in [5, 5.41) is 3.32. The third kappa shape index (κ3) is 4.02. The average molecular weight is 259 g/mol. The van der Waals surface area contributed by atoms with E-state index in [2.05, 4.69) is 28.0 Å². The minimum Gasteiger partial charge on any atom is -0.492 e. The molecule has 1 aromatic heterocycles. The van der Waals surface area contributed by atoms with Gasteiger partial charge in [-0.05, 0) is 25.5 Å². The Morgan fingerprint density at radius 1 is 1.26 bits per heavy atom. The van der Waals surface area contributed by atoms with Crippen LogP contribution in [0.5, 0.6) is 5.75 Å². The molecule has 0 radical (unpaired) electrons. The van der Waals surface area contributed by atoms with Crippen LogP contribution < -0.4 is 10.1 Å². The van der Waals surface area contributed by atoms with E-state index in [1.165, 1.54) is 0 Å². The number of aromatic nitrogens is 2. The van der Waals surface area contributed by atoms with Gasteiger partial charge in [0.1, 0.15) is 12.4 Å².